The Kier molecular flexibility index (Phi) is 3.53. The van der Waals surface area contributed by atoms with Gasteiger partial charge in [-0.25, -0.2) is 4.98 Å². The number of nitrogens with zero attached hydrogens (tertiary/aromatic N) is 3. The van der Waals surface area contributed by atoms with Crippen molar-refractivity contribution in [3.8, 4) is 6.07 Å². The van der Waals surface area contributed by atoms with E-state index in [2.05, 4.69) is 16.4 Å². The molecule has 4 heteroatoms. The van der Waals surface area contributed by atoms with Crippen molar-refractivity contribution in [2.24, 2.45) is 0 Å². The molecule has 1 aliphatic carbocycles. The van der Waals surface area contributed by atoms with Gasteiger partial charge in [-0.3, -0.25) is 5.32 Å². The Bertz CT molecular complexity index is 581. The van der Waals surface area contributed by atoms with Crippen molar-refractivity contribution in [1.82, 2.24) is 14.9 Å². The number of nitrogens with one attached hydrogen (secondary N) is 1. The molecule has 1 aromatic carbocycles. The largest absolute Gasteiger partial charge is 0.337 e. The van der Waals surface area contributed by atoms with Gasteiger partial charge < -0.3 is 4.57 Å². The summed E-state index contributed by atoms with van der Waals surface area (Å²) in [4.78, 5) is 4.05. The average molecular weight is 266 g/mol. The highest BCUT2D eigenvalue weighted by molar-refractivity contribution is 5.32. The van der Waals surface area contributed by atoms with Gasteiger partial charge in [-0.2, -0.15) is 5.26 Å². The van der Waals surface area contributed by atoms with Crippen LogP contribution in [0.2, 0.25) is 0 Å². The molecule has 1 heterocycles. The standard InChI is InChI=1S/C16H18N4/c17-12-16(19-15-6-7-15,14-4-2-1-3-5-14)8-10-20-11-9-18-13-20/h1-5,9,11,13,15,19H,6-8,10H2. The van der Waals surface area contributed by atoms with E-state index in [0.29, 0.717) is 6.04 Å². The van der Waals surface area contributed by atoms with Crippen LogP contribution in [0.5, 0.6) is 0 Å². The third-order valence-electron chi connectivity index (χ3n) is 3.79. The summed E-state index contributed by atoms with van der Waals surface area (Å²) in [6, 6.07) is 13.0. The maximum absolute atomic E-state index is 9.80. The van der Waals surface area contributed by atoms with E-state index in [4.69, 9.17) is 0 Å². The van der Waals surface area contributed by atoms with Crippen LogP contribution in [0.3, 0.4) is 0 Å². The third kappa shape index (κ3) is 2.73. The second-order valence-corrected chi connectivity index (χ2v) is 5.35. The van der Waals surface area contributed by atoms with Crippen molar-refractivity contribution in [1.29, 1.82) is 5.26 Å². The molecule has 0 amide bonds. The van der Waals surface area contributed by atoms with Gasteiger partial charge in [0.25, 0.3) is 0 Å². The third-order valence-corrected chi connectivity index (χ3v) is 3.79. The van der Waals surface area contributed by atoms with Crippen molar-refractivity contribution in [2.45, 2.75) is 37.4 Å². The van der Waals surface area contributed by atoms with Gasteiger partial charge >= 0.3 is 0 Å². The van der Waals surface area contributed by atoms with Gasteiger partial charge in [0.05, 0.1) is 12.4 Å². The molecule has 2 aromatic rings. The smallest absolute Gasteiger partial charge is 0.134 e. The summed E-state index contributed by atoms with van der Waals surface area (Å²) in [5.74, 6) is 0. The fourth-order valence-electron chi connectivity index (χ4n) is 2.47. The number of aromatic nitrogens is 2. The molecule has 0 bridgehead atoms. The molecule has 3 rings (SSSR count). The number of imidazole rings is 1. The first-order chi connectivity index (χ1) is 9.82. The molecule has 1 saturated carbocycles. The molecular weight excluding hydrogens is 248 g/mol. The second-order valence-electron chi connectivity index (χ2n) is 5.35. The van der Waals surface area contributed by atoms with E-state index in [1.54, 1.807) is 12.5 Å². The van der Waals surface area contributed by atoms with Crippen LogP contribution in [0.4, 0.5) is 0 Å². The Labute approximate surface area is 119 Å². The highest BCUT2D eigenvalue weighted by Crippen LogP contribution is 2.31. The Morgan fingerprint density at radius 2 is 2.15 bits per heavy atom. The van der Waals surface area contributed by atoms with Crippen LogP contribution in [0, 0.1) is 11.3 Å². The van der Waals surface area contributed by atoms with Gasteiger partial charge in [-0.15, -0.1) is 0 Å². The van der Waals surface area contributed by atoms with Gasteiger partial charge in [0.2, 0.25) is 0 Å². The first-order valence-electron chi connectivity index (χ1n) is 7.03. The molecule has 1 aromatic heterocycles. The zero-order valence-corrected chi connectivity index (χ0v) is 11.4. The normalized spacial score (nSPS) is 17.4. The predicted molar refractivity (Wildman–Crippen MR) is 76.7 cm³/mol. The zero-order chi connectivity index (χ0) is 13.8. The van der Waals surface area contributed by atoms with Crippen LogP contribution in [0.15, 0.2) is 49.1 Å². The fraction of sp³-hybridized carbons (Fsp3) is 0.375. The summed E-state index contributed by atoms with van der Waals surface area (Å²) >= 11 is 0. The predicted octanol–water partition coefficient (Wildman–Crippen LogP) is 2.44. The molecule has 102 valence electrons. The maximum atomic E-state index is 9.80. The van der Waals surface area contributed by atoms with E-state index < -0.39 is 5.54 Å². The first kappa shape index (κ1) is 12.9. The molecular formula is C16H18N4. The quantitative estimate of drug-likeness (QED) is 0.873. The molecule has 1 fully saturated rings. The molecule has 0 spiro atoms. The van der Waals surface area contributed by atoms with Crippen LogP contribution < -0.4 is 5.32 Å². The van der Waals surface area contributed by atoms with E-state index in [-0.39, 0.29) is 0 Å². The van der Waals surface area contributed by atoms with Crippen LogP contribution in [-0.2, 0) is 12.1 Å². The average Bonchev–Trinajstić information content (AvgIpc) is 3.16. The van der Waals surface area contributed by atoms with Crippen LogP contribution in [-0.4, -0.2) is 15.6 Å². The highest BCUT2D eigenvalue weighted by atomic mass is 15.1. The number of benzene rings is 1. The Balaban J connectivity index is 1.83. The molecule has 0 radical (unpaired) electrons. The van der Waals surface area contributed by atoms with Crippen molar-refractivity contribution in [3.63, 3.8) is 0 Å². The van der Waals surface area contributed by atoms with Crippen LogP contribution in [0.1, 0.15) is 24.8 Å². The zero-order valence-electron chi connectivity index (χ0n) is 11.4. The van der Waals surface area contributed by atoms with Crippen LogP contribution >= 0.6 is 0 Å². The highest BCUT2D eigenvalue weighted by Gasteiger charge is 2.37. The first-order valence-corrected chi connectivity index (χ1v) is 7.03. The van der Waals surface area contributed by atoms with E-state index in [1.165, 1.54) is 12.8 Å². The summed E-state index contributed by atoms with van der Waals surface area (Å²) in [6.45, 7) is 0.780. The second kappa shape index (κ2) is 5.48. The summed E-state index contributed by atoms with van der Waals surface area (Å²) in [7, 11) is 0. The minimum Gasteiger partial charge on any atom is -0.337 e. The molecule has 1 unspecified atom stereocenters. The maximum Gasteiger partial charge on any atom is 0.134 e. The number of hydrogen-bond donors (Lipinski definition) is 1. The Hall–Kier alpha value is -2.12. The lowest BCUT2D eigenvalue weighted by molar-refractivity contribution is 0.369. The van der Waals surface area contributed by atoms with Gasteiger partial charge in [0, 0.05) is 31.4 Å². The van der Waals surface area contributed by atoms with E-state index in [9.17, 15) is 5.26 Å². The van der Waals surface area contributed by atoms with E-state index >= 15 is 0 Å². The molecule has 1 atom stereocenters. The van der Waals surface area contributed by atoms with Crippen molar-refractivity contribution in [2.75, 3.05) is 0 Å². The summed E-state index contributed by atoms with van der Waals surface area (Å²) in [5, 5.41) is 13.3. The number of rotatable bonds is 6. The van der Waals surface area contributed by atoms with Crippen molar-refractivity contribution in [3.05, 3.63) is 54.6 Å². The molecule has 4 nitrogen and oxygen atoms in total. The fourth-order valence-corrected chi connectivity index (χ4v) is 2.47. The molecule has 20 heavy (non-hydrogen) atoms. The Morgan fingerprint density at radius 3 is 2.75 bits per heavy atom. The summed E-state index contributed by atoms with van der Waals surface area (Å²) in [5.41, 5.74) is 0.446. The van der Waals surface area contributed by atoms with Crippen LogP contribution in [0.25, 0.3) is 0 Å². The number of aryl methyl sites for hydroxylation is 1. The monoisotopic (exact) mass is 266 g/mol. The molecule has 1 aliphatic rings. The molecule has 0 aliphatic heterocycles. The minimum atomic E-state index is -0.604. The summed E-state index contributed by atoms with van der Waals surface area (Å²) in [6.07, 6.45) is 8.57. The lowest BCUT2D eigenvalue weighted by atomic mass is 9.87. The minimum absolute atomic E-state index is 0.484. The van der Waals surface area contributed by atoms with E-state index in [1.807, 2.05) is 41.1 Å². The molecule has 1 N–H and O–H groups in total. The number of nitriles is 1. The van der Waals surface area contributed by atoms with Gasteiger partial charge in [0.15, 0.2) is 0 Å². The Morgan fingerprint density at radius 1 is 1.35 bits per heavy atom. The lowest BCUT2D eigenvalue weighted by Gasteiger charge is -2.29. The SMILES string of the molecule is N#CC(CCn1ccnc1)(NC1CC1)c1ccccc1. The topological polar surface area (TPSA) is 53.6 Å². The number of hydrogen-bond acceptors (Lipinski definition) is 3. The van der Waals surface area contributed by atoms with Crippen molar-refractivity contribution >= 4 is 0 Å². The van der Waals surface area contributed by atoms with Gasteiger partial charge in [-0.05, 0) is 18.4 Å². The lowest BCUT2D eigenvalue weighted by Crippen LogP contribution is -2.43. The van der Waals surface area contributed by atoms with E-state index in [0.717, 1.165) is 18.5 Å². The summed E-state index contributed by atoms with van der Waals surface area (Å²) < 4.78 is 2.02. The van der Waals surface area contributed by atoms with Gasteiger partial charge in [-0.1, -0.05) is 30.3 Å². The molecule has 0 saturated heterocycles. The van der Waals surface area contributed by atoms with Crippen molar-refractivity contribution < 1.29 is 0 Å². The van der Waals surface area contributed by atoms with Gasteiger partial charge in [0.1, 0.15) is 5.54 Å².